The van der Waals surface area contributed by atoms with Crippen molar-refractivity contribution in [1.82, 2.24) is 15.0 Å². The number of hydrogen-bond donors (Lipinski definition) is 0. The van der Waals surface area contributed by atoms with Crippen molar-refractivity contribution in [1.29, 1.82) is 5.26 Å². The van der Waals surface area contributed by atoms with Gasteiger partial charge in [-0.3, -0.25) is 0 Å². The Hall–Kier alpha value is -6.44. The number of aromatic nitrogens is 3. The number of allylic oxidation sites excluding steroid dienone is 4. The molecule has 0 N–H and O–H groups in total. The first kappa shape index (κ1) is 29.0. The van der Waals surface area contributed by atoms with Gasteiger partial charge in [0.2, 0.25) is 0 Å². The van der Waals surface area contributed by atoms with Gasteiger partial charge in [0, 0.05) is 22.3 Å². The fourth-order valence-electron chi connectivity index (χ4n) is 6.41. The Bertz CT molecular complexity index is 2330. The standard InChI is InChI=1S/C44H30N4/c45-29-30-11-9-17-36(27-30)31-21-23-33(24-22-31)40-26-25-32-12-7-8-20-39(32)41(40)37-18-10-19-38(28-37)44-47-42(34-13-3-1-4-14-34)46-43(48-44)35-15-5-2-6-16-35/h1-8,10,12-28H,9,11H2. The van der Waals surface area contributed by atoms with Crippen LogP contribution >= 0.6 is 0 Å². The molecule has 48 heavy (non-hydrogen) atoms. The third-order valence-corrected chi connectivity index (χ3v) is 8.82. The lowest BCUT2D eigenvalue weighted by atomic mass is 9.88. The second-order valence-electron chi connectivity index (χ2n) is 11.9. The summed E-state index contributed by atoms with van der Waals surface area (Å²) in [5.41, 5.74) is 10.4. The van der Waals surface area contributed by atoms with E-state index in [2.05, 4.69) is 97.1 Å². The summed E-state index contributed by atoms with van der Waals surface area (Å²) in [4.78, 5) is 14.9. The van der Waals surface area contributed by atoms with E-state index in [0.717, 1.165) is 68.5 Å². The molecule has 0 saturated carbocycles. The van der Waals surface area contributed by atoms with Crippen LogP contribution in [-0.4, -0.2) is 15.0 Å². The van der Waals surface area contributed by atoms with Gasteiger partial charge in [0.1, 0.15) is 0 Å². The van der Waals surface area contributed by atoms with Crippen molar-refractivity contribution in [3.8, 4) is 62.5 Å². The summed E-state index contributed by atoms with van der Waals surface area (Å²) >= 11 is 0. The average molecular weight is 615 g/mol. The molecule has 1 aromatic heterocycles. The zero-order chi connectivity index (χ0) is 32.3. The normalized spacial score (nSPS) is 12.6. The minimum Gasteiger partial charge on any atom is -0.208 e. The predicted molar refractivity (Wildman–Crippen MR) is 195 cm³/mol. The van der Waals surface area contributed by atoms with E-state index in [1.54, 1.807) is 0 Å². The highest BCUT2D eigenvalue weighted by Crippen LogP contribution is 2.40. The zero-order valence-corrected chi connectivity index (χ0v) is 26.2. The number of hydrogen-bond acceptors (Lipinski definition) is 4. The van der Waals surface area contributed by atoms with Crippen molar-refractivity contribution < 1.29 is 0 Å². The maximum Gasteiger partial charge on any atom is 0.164 e. The van der Waals surface area contributed by atoms with Gasteiger partial charge < -0.3 is 0 Å². The first-order valence-corrected chi connectivity index (χ1v) is 16.1. The summed E-state index contributed by atoms with van der Waals surface area (Å²) in [6.45, 7) is 0. The van der Waals surface area contributed by atoms with Crippen LogP contribution in [0, 0.1) is 11.3 Å². The van der Waals surface area contributed by atoms with Crippen molar-refractivity contribution >= 4 is 16.3 Å². The lowest BCUT2D eigenvalue weighted by Gasteiger charge is -2.16. The highest BCUT2D eigenvalue weighted by molar-refractivity contribution is 6.04. The second-order valence-corrected chi connectivity index (χ2v) is 11.9. The van der Waals surface area contributed by atoms with Crippen LogP contribution in [0.5, 0.6) is 0 Å². The lowest BCUT2D eigenvalue weighted by Crippen LogP contribution is -2.00. The first-order valence-electron chi connectivity index (χ1n) is 16.1. The van der Waals surface area contributed by atoms with Gasteiger partial charge in [0.15, 0.2) is 17.5 Å². The SMILES string of the molecule is N#CC1=CC(c2ccc(-c3ccc4ccccc4c3-c3cccc(-c4nc(-c5ccccc5)nc(-c5ccccc5)n4)c3)cc2)=CCC1. The molecule has 1 aliphatic carbocycles. The van der Waals surface area contributed by atoms with Gasteiger partial charge in [-0.2, -0.15) is 5.26 Å². The minimum atomic E-state index is 0.626. The number of nitriles is 1. The third kappa shape index (κ3) is 5.70. The second kappa shape index (κ2) is 12.7. The van der Waals surface area contributed by atoms with Crippen LogP contribution in [0.15, 0.2) is 163 Å². The van der Waals surface area contributed by atoms with Gasteiger partial charge in [-0.15, -0.1) is 0 Å². The van der Waals surface area contributed by atoms with Crippen molar-refractivity contribution in [2.24, 2.45) is 0 Å². The van der Waals surface area contributed by atoms with Crippen molar-refractivity contribution in [3.63, 3.8) is 0 Å². The number of nitrogens with zero attached hydrogens (tertiary/aromatic N) is 4. The van der Waals surface area contributed by atoms with Crippen LogP contribution in [0.1, 0.15) is 18.4 Å². The van der Waals surface area contributed by atoms with Crippen molar-refractivity contribution in [2.45, 2.75) is 12.8 Å². The molecule has 7 aromatic rings. The molecule has 0 bridgehead atoms. The van der Waals surface area contributed by atoms with E-state index in [1.807, 2.05) is 66.7 Å². The Morgan fingerprint density at radius 3 is 1.77 bits per heavy atom. The number of benzene rings is 6. The molecular formula is C44H30N4. The molecule has 0 aliphatic heterocycles. The van der Waals surface area contributed by atoms with Crippen LogP contribution in [0.2, 0.25) is 0 Å². The Labute approximate surface area is 280 Å². The van der Waals surface area contributed by atoms with Gasteiger partial charge >= 0.3 is 0 Å². The van der Waals surface area contributed by atoms with Gasteiger partial charge in [0.25, 0.3) is 0 Å². The Balaban J connectivity index is 1.26. The fourth-order valence-corrected chi connectivity index (χ4v) is 6.41. The van der Waals surface area contributed by atoms with Crippen LogP contribution in [0.3, 0.4) is 0 Å². The number of rotatable bonds is 6. The van der Waals surface area contributed by atoms with Crippen LogP contribution < -0.4 is 0 Å². The zero-order valence-electron chi connectivity index (χ0n) is 26.2. The van der Waals surface area contributed by atoms with Crippen molar-refractivity contribution in [3.05, 3.63) is 169 Å². The van der Waals surface area contributed by atoms with Crippen LogP contribution in [0.4, 0.5) is 0 Å². The molecule has 4 heteroatoms. The average Bonchev–Trinajstić information content (AvgIpc) is 3.18. The molecular weight excluding hydrogens is 585 g/mol. The number of fused-ring (bicyclic) bond motifs is 1. The van der Waals surface area contributed by atoms with E-state index >= 15 is 0 Å². The van der Waals surface area contributed by atoms with E-state index < -0.39 is 0 Å². The highest BCUT2D eigenvalue weighted by atomic mass is 15.0. The van der Waals surface area contributed by atoms with Crippen LogP contribution in [0.25, 0.3) is 72.8 Å². The molecule has 0 amide bonds. The molecule has 6 aromatic carbocycles. The summed E-state index contributed by atoms with van der Waals surface area (Å²) in [5, 5.41) is 11.8. The monoisotopic (exact) mass is 614 g/mol. The smallest absolute Gasteiger partial charge is 0.164 e. The van der Waals surface area contributed by atoms with Gasteiger partial charge in [-0.1, -0.05) is 146 Å². The molecule has 0 spiro atoms. The maximum atomic E-state index is 9.44. The summed E-state index contributed by atoms with van der Waals surface area (Å²) in [6.07, 6.45) is 5.93. The highest BCUT2D eigenvalue weighted by Gasteiger charge is 2.16. The first-order chi connectivity index (χ1) is 23.7. The van der Waals surface area contributed by atoms with Crippen molar-refractivity contribution in [2.75, 3.05) is 0 Å². The lowest BCUT2D eigenvalue weighted by molar-refractivity contribution is 0.998. The molecule has 0 saturated heterocycles. The van der Waals surface area contributed by atoms with E-state index in [0.29, 0.717) is 17.5 Å². The Kier molecular flexibility index (Phi) is 7.70. The molecule has 0 unspecified atom stereocenters. The molecule has 1 aliphatic rings. The summed E-state index contributed by atoms with van der Waals surface area (Å²) in [7, 11) is 0. The predicted octanol–water partition coefficient (Wildman–Crippen LogP) is 11.0. The van der Waals surface area contributed by atoms with E-state index in [4.69, 9.17) is 15.0 Å². The van der Waals surface area contributed by atoms with E-state index in [9.17, 15) is 5.26 Å². The quantitative estimate of drug-likeness (QED) is 0.187. The van der Waals surface area contributed by atoms with E-state index in [1.165, 1.54) is 10.8 Å². The van der Waals surface area contributed by atoms with Gasteiger partial charge in [-0.05, 0) is 69.1 Å². The summed E-state index contributed by atoms with van der Waals surface area (Å²) in [5.74, 6) is 1.91. The largest absolute Gasteiger partial charge is 0.208 e. The Morgan fingerprint density at radius 1 is 0.500 bits per heavy atom. The third-order valence-electron chi connectivity index (χ3n) is 8.82. The van der Waals surface area contributed by atoms with Crippen LogP contribution in [-0.2, 0) is 0 Å². The molecule has 1 heterocycles. The van der Waals surface area contributed by atoms with Gasteiger partial charge in [0.05, 0.1) is 6.07 Å². The minimum absolute atomic E-state index is 0.626. The van der Waals surface area contributed by atoms with Gasteiger partial charge in [-0.25, -0.2) is 15.0 Å². The summed E-state index contributed by atoms with van der Waals surface area (Å²) < 4.78 is 0. The molecule has 0 fully saturated rings. The molecule has 4 nitrogen and oxygen atoms in total. The maximum absolute atomic E-state index is 9.44. The molecule has 0 radical (unpaired) electrons. The fraction of sp³-hybridized carbons (Fsp3) is 0.0455. The Morgan fingerprint density at radius 2 is 1.08 bits per heavy atom. The summed E-state index contributed by atoms with van der Waals surface area (Å²) in [6, 6.07) is 52.6. The molecule has 0 atom stereocenters. The molecule has 226 valence electrons. The van der Waals surface area contributed by atoms with E-state index in [-0.39, 0.29) is 0 Å². The topological polar surface area (TPSA) is 62.5 Å². The molecule has 8 rings (SSSR count).